The summed E-state index contributed by atoms with van der Waals surface area (Å²) >= 11 is 3.22. The largest absolute Gasteiger partial charge is 0.384 e. The molecule has 19 heavy (non-hydrogen) atoms. The van der Waals surface area contributed by atoms with E-state index in [1.807, 2.05) is 24.3 Å². The van der Waals surface area contributed by atoms with Gasteiger partial charge < -0.3 is 15.0 Å². The Morgan fingerprint density at radius 1 is 1.42 bits per heavy atom. The van der Waals surface area contributed by atoms with Gasteiger partial charge >= 0.3 is 0 Å². The third-order valence-electron chi connectivity index (χ3n) is 2.64. The van der Waals surface area contributed by atoms with Gasteiger partial charge in [0.25, 0.3) is 5.56 Å². The summed E-state index contributed by atoms with van der Waals surface area (Å²) < 4.78 is 5.47. The molecule has 0 spiro atoms. The van der Waals surface area contributed by atoms with Gasteiger partial charge in [0.2, 0.25) is 0 Å². The van der Waals surface area contributed by atoms with E-state index in [0.29, 0.717) is 16.9 Å². The minimum Gasteiger partial charge on any atom is -0.384 e. The van der Waals surface area contributed by atoms with Gasteiger partial charge in [-0.1, -0.05) is 18.2 Å². The summed E-state index contributed by atoms with van der Waals surface area (Å²) in [6, 6.07) is 7.86. The number of anilines is 2. The number of benzene rings is 1. The minimum absolute atomic E-state index is 0.216. The van der Waals surface area contributed by atoms with Crippen LogP contribution in [0.25, 0.3) is 0 Å². The number of aromatic nitrogens is 2. The van der Waals surface area contributed by atoms with E-state index in [1.54, 1.807) is 7.11 Å². The molecular formula is C13H14BrN3O2. The SMILES string of the molecule is COCCc1ccccc1Nc1nc[nH]c(=O)c1Br. The number of hydrogen-bond acceptors (Lipinski definition) is 4. The van der Waals surface area contributed by atoms with Crippen molar-refractivity contribution < 1.29 is 4.74 Å². The molecule has 0 aliphatic heterocycles. The predicted octanol–water partition coefficient (Wildman–Crippen LogP) is 2.46. The topological polar surface area (TPSA) is 67.0 Å². The van der Waals surface area contributed by atoms with Crippen LogP contribution in [0.4, 0.5) is 11.5 Å². The maximum absolute atomic E-state index is 11.5. The molecule has 2 rings (SSSR count). The van der Waals surface area contributed by atoms with E-state index in [0.717, 1.165) is 17.7 Å². The van der Waals surface area contributed by atoms with Gasteiger partial charge in [-0.15, -0.1) is 0 Å². The van der Waals surface area contributed by atoms with Gasteiger partial charge in [0, 0.05) is 12.8 Å². The molecular weight excluding hydrogens is 310 g/mol. The molecule has 0 radical (unpaired) electrons. The number of para-hydroxylation sites is 1. The Kier molecular flexibility index (Phi) is 4.70. The zero-order valence-electron chi connectivity index (χ0n) is 10.4. The number of methoxy groups -OCH3 is 1. The molecule has 1 aromatic carbocycles. The van der Waals surface area contributed by atoms with Crippen LogP contribution < -0.4 is 10.9 Å². The first-order valence-corrected chi connectivity index (χ1v) is 6.58. The van der Waals surface area contributed by atoms with E-state index in [-0.39, 0.29) is 5.56 Å². The van der Waals surface area contributed by atoms with Crippen molar-refractivity contribution in [3.63, 3.8) is 0 Å². The number of rotatable bonds is 5. The molecule has 0 unspecified atom stereocenters. The molecule has 0 aliphatic rings. The number of ether oxygens (including phenoxy) is 1. The second kappa shape index (κ2) is 6.49. The molecule has 100 valence electrons. The van der Waals surface area contributed by atoms with E-state index in [4.69, 9.17) is 4.74 Å². The summed E-state index contributed by atoms with van der Waals surface area (Å²) in [4.78, 5) is 18.1. The summed E-state index contributed by atoms with van der Waals surface area (Å²) in [5.74, 6) is 0.494. The monoisotopic (exact) mass is 323 g/mol. The van der Waals surface area contributed by atoms with Gasteiger partial charge in [-0.05, 0) is 34.0 Å². The van der Waals surface area contributed by atoms with E-state index in [9.17, 15) is 4.79 Å². The van der Waals surface area contributed by atoms with Crippen LogP contribution in [0.5, 0.6) is 0 Å². The van der Waals surface area contributed by atoms with Crippen molar-refractivity contribution in [2.45, 2.75) is 6.42 Å². The van der Waals surface area contributed by atoms with Gasteiger partial charge in [-0.3, -0.25) is 4.79 Å². The van der Waals surface area contributed by atoms with Gasteiger partial charge in [-0.25, -0.2) is 4.98 Å². The quantitative estimate of drug-likeness (QED) is 0.887. The Balaban J connectivity index is 2.28. The normalized spacial score (nSPS) is 10.4. The number of H-pyrrole nitrogens is 1. The summed E-state index contributed by atoms with van der Waals surface area (Å²) in [5, 5.41) is 3.16. The Morgan fingerprint density at radius 2 is 2.21 bits per heavy atom. The Morgan fingerprint density at radius 3 is 3.00 bits per heavy atom. The fraction of sp³-hybridized carbons (Fsp3) is 0.231. The summed E-state index contributed by atoms with van der Waals surface area (Å²) in [6.45, 7) is 0.642. The summed E-state index contributed by atoms with van der Waals surface area (Å²) in [6.07, 6.45) is 2.16. The lowest BCUT2D eigenvalue weighted by Gasteiger charge is -2.11. The molecule has 0 fully saturated rings. The maximum atomic E-state index is 11.5. The third kappa shape index (κ3) is 3.42. The second-order valence-corrected chi connectivity index (χ2v) is 4.71. The Labute approximate surface area is 119 Å². The van der Waals surface area contributed by atoms with Crippen molar-refractivity contribution in [3.8, 4) is 0 Å². The number of hydrogen-bond donors (Lipinski definition) is 2. The first kappa shape index (κ1) is 13.8. The molecule has 0 saturated heterocycles. The van der Waals surface area contributed by atoms with E-state index < -0.39 is 0 Å². The molecule has 0 bridgehead atoms. The highest BCUT2D eigenvalue weighted by Gasteiger charge is 2.08. The molecule has 0 saturated carbocycles. The number of nitrogens with zero attached hydrogens (tertiary/aromatic N) is 1. The van der Waals surface area contributed by atoms with Crippen LogP contribution in [0.15, 0.2) is 39.9 Å². The average molecular weight is 324 g/mol. The lowest BCUT2D eigenvalue weighted by molar-refractivity contribution is 0.202. The molecule has 0 amide bonds. The molecule has 1 heterocycles. The molecule has 2 N–H and O–H groups in total. The van der Waals surface area contributed by atoms with Crippen LogP contribution in [-0.4, -0.2) is 23.7 Å². The first-order chi connectivity index (χ1) is 9.22. The lowest BCUT2D eigenvalue weighted by Crippen LogP contribution is -2.10. The lowest BCUT2D eigenvalue weighted by atomic mass is 10.1. The van der Waals surface area contributed by atoms with Crippen molar-refractivity contribution >= 4 is 27.4 Å². The minimum atomic E-state index is -0.216. The van der Waals surface area contributed by atoms with Gasteiger partial charge in [0.05, 0.1) is 12.9 Å². The zero-order valence-corrected chi connectivity index (χ0v) is 12.0. The third-order valence-corrected chi connectivity index (χ3v) is 3.38. The molecule has 0 aliphatic carbocycles. The molecule has 5 nitrogen and oxygen atoms in total. The van der Waals surface area contributed by atoms with Gasteiger partial charge in [-0.2, -0.15) is 0 Å². The molecule has 6 heteroatoms. The van der Waals surface area contributed by atoms with Crippen molar-refractivity contribution in [2.75, 3.05) is 19.0 Å². The maximum Gasteiger partial charge on any atom is 0.267 e. The average Bonchev–Trinajstić information content (AvgIpc) is 2.43. The van der Waals surface area contributed by atoms with Crippen molar-refractivity contribution in [1.29, 1.82) is 0 Å². The van der Waals surface area contributed by atoms with Crippen LogP contribution in [0.2, 0.25) is 0 Å². The highest BCUT2D eigenvalue weighted by atomic mass is 79.9. The van der Waals surface area contributed by atoms with Crippen molar-refractivity contribution in [1.82, 2.24) is 9.97 Å². The fourth-order valence-electron chi connectivity index (χ4n) is 1.67. The fourth-order valence-corrected chi connectivity index (χ4v) is 1.99. The Hall–Kier alpha value is -1.66. The first-order valence-electron chi connectivity index (χ1n) is 5.79. The van der Waals surface area contributed by atoms with Crippen molar-refractivity contribution in [2.24, 2.45) is 0 Å². The van der Waals surface area contributed by atoms with Crippen LogP contribution >= 0.6 is 15.9 Å². The van der Waals surface area contributed by atoms with Gasteiger partial charge in [0.1, 0.15) is 4.47 Å². The molecule has 0 atom stereocenters. The van der Waals surface area contributed by atoms with Gasteiger partial charge in [0.15, 0.2) is 5.82 Å². The smallest absolute Gasteiger partial charge is 0.267 e. The van der Waals surface area contributed by atoms with Crippen LogP contribution in [0.1, 0.15) is 5.56 Å². The Bertz CT molecular complexity index is 613. The van der Waals surface area contributed by atoms with E-state index in [2.05, 4.69) is 31.2 Å². The van der Waals surface area contributed by atoms with Crippen LogP contribution in [0.3, 0.4) is 0 Å². The van der Waals surface area contributed by atoms with Crippen LogP contribution in [0, 0.1) is 0 Å². The van der Waals surface area contributed by atoms with E-state index in [1.165, 1.54) is 6.33 Å². The van der Waals surface area contributed by atoms with Crippen molar-refractivity contribution in [3.05, 3.63) is 51.0 Å². The number of aromatic amines is 1. The molecule has 1 aromatic heterocycles. The van der Waals surface area contributed by atoms with E-state index >= 15 is 0 Å². The summed E-state index contributed by atoms with van der Waals surface area (Å²) in [5.41, 5.74) is 1.81. The zero-order chi connectivity index (χ0) is 13.7. The standard InChI is InChI=1S/C13H14BrN3O2/c1-19-7-6-9-4-2-3-5-10(9)17-12-11(14)13(18)16-8-15-12/h2-5,8H,6-7H2,1H3,(H2,15,16,17,18). The highest BCUT2D eigenvalue weighted by Crippen LogP contribution is 2.23. The molecule has 2 aromatic rings. The highest BCUT2D eigenvalue weighted by molar-refractivity contribution is 9.10. The predicted molar refractivity (Wildman–Crippen MR) is 77.9 cm³/mol. The van der Waals surface area contributed by atoms with Crippen LogP contribution in [-0.2, 0) is 11.2 Å². The number of halogens is 1. The number of nitrogens with one attached hydrogen (secondary N) is 2. The second-order valence-electron chi connectivity index (χ2n) is 3.92. The summed E-state index contributed by atoms with van der Waals surface area (Å²) in [7, 11) is 1.67.